The van der Waals surface area contributed by atoms with Crippen molar-refractivity contribution in [2.75, 3.05) is 26.1 Å². The second-order valence-corrected chi connectivity index (χ2v) is 6.90. The van der Waals surface area contributed by atoms with Gasteiger partial charge in [-0.2, -0.15) is 0 Å². The minimum atomic E-state index is -0.349. The van der Waals surface area contributed by atoms with Crippen LogP contribution in [0, 0.1) is 5.92 Å². The van der Waals surface area contributed by atoms with Crippen molar-refractivity contribution in [1.29, 1.82) is 0 Å². The first-order chi connectivity index (χ1) is 13.5. The highest BCUT2D eigenvalue weighted by Crippen LogP contribution is 2.29. The van der Waals surface area contributed by atoms with E-state index in [-0.39, 0.29) is 24.2 Å². The molecular weight excluding hydrogens is 356 g/mol. The number of nitrogens with one attached hydrogen (secondary N) is 1. The summed E-state index contributed by atoms with van der Waals surface area (Å²) < 4.78 is 10.6. The molecule has 1 fully saturated rings. The van der Waals surface area contributed by atoms with Crippen LogP contribution < -0.4 is 14.8 Å². The van der Waals surface area contributed by atoms with Crippen molar-refractivity contribution in [3.05, 3.63) is 53.6 Å². The highest BCUT2D eigenvalue weighted by Gasteiger charge is 2.34. The van der Waals surface area contributed by atoms with Crippen LogP contribution in [0.5, 0.6) is 11.5 Å². The standard InChI is InChI=1S/C22H26N2O4/c1-4-15-5-8-18(9-6-15)23-22(26)17-12-21(25)24(14-17)13-16-7-10-19(27-2)20(11-16)28-3/h5-11,17H,4,12-14H2,1-3H3,(H,23,26). The third kappa shape index (κ3) is 4.44. The molecule has 0 aromatic heterocycles. The molecule has 2 aromatic carbocycles. The predicted molar refractivity (Wildman–Crippen MR) is 108 cm³/mol. The Morgan fingerprint density at radius 1 is 1.07 bits per heavy atom. The third-order valence-corrected chi connectivity index (χ3v) is 5.04. The smallest absolute Gasteiger partial charge is 0.229 e. The molecule has 0 saturated carbocycles. The Morgan fingerprint density at radius 3 is 2.39 bits per heavy atom. The van der Waals surface area contributed by atoms with Crippen LogP contribution >= 0.6 is 0 Å². The molecule has 0 radical (unpaired) electrons. The summed E-state index contributed by atoms with van der Waals surface area (Å²) in [5.41, 5.74) is 2.91. The van der Waals surface area contributed by atoms with E-state index in [0.29, 0.717) is 24.6 Å². The average molecular weight is 382 g/mol. The molecule has 3 rings (SSSR count). The zero-order chi connectivity index (χ0) is 20.1. The summed E-state index contributed by atoms with van der Waals surface area (Å²) in [6, 6.07) is 13.4. The number of hydrogen-bond donors (Lipinski definition) is 1. The molecule has 1 atom stereocenters. The van der Waals surface area contributed by atoms with Crippen molar-refractivity contribution < 1.29 is 19.1 Å². The lowest BCUT2D eigenvalue weighted by Gasteiger charge is -2.18. The summed E-state index contributed by atoms with van der Waals surface area (Å²) in [6.45, 7) is 2.94. The van der Waals surface area contributed by atoms with Crippen molar-refractivity contribution in [3.63, 3.8) is 0 Å². The Kier molecular flexibility index (Phi) is 6.19. The summed E-state index contributed by atoms with van der Waals surface area (Å²) in [4.78, 5) is 26.7. The molecule has 1 aliphatic rings. The number of rotatable bonds is 7. The number of carbonyl (C=O) groups excluding carboxylic acids is 2. The lowest BCUT2D eigenvalue weighted by Crippen LogP contribution is -2.28. The Balaban J connectivity index is 1.62. The fraction of sp³-hybridized carbons (Fsp3) is 0.364. The largest absolute Gasteiger partial charge is 0.493 e. The molecule has 28 heavy (non-hydrogen) atoms. The van der Waals surface area contributed by atoms with Crippen LogP contribution in [0.1, 0.15) is 24.5 Å². The number of amides is 2. The van der Waals surface area contributed by atoms with Gasteiger partial charge in [0.2, 0.25) is 11.8 Å². The summed E-state index contributed by atoms with van der Waals surface area (Å²) in [5.74, 6) is 0.781. The van der Waals surface area contributed by atoms with E-state index >= 15 is 0 Å². The number of aryl methyl sites for hydroxylation is 1. The van der Waals surface area contributed by atoms with E-state index < -0.39 is 0 Å². The van der Waals surface area contributed by atoms with Crippen molar-refractivity contribution in [2.24, 2.45) is 5.92 Å². The number of benzene rings is 2. The summed E-state index contributed by atoms with van der Waals surface area (Å²) in [6.07, 6.45) is 1.18. The molecule has 6 heteroatoms. The van der Waals surface area contributed by atoms with Gasteiger partial charge in [-0.1, -0.05) is 25.1 Å². The number of ether oxygens (including phenoxy) is 2. The molecule has 1 unspecified atom stereocenters. The number of methoxy groups -OCH3 is 2. The van der Waals surface area contributed by atoms with Gasteiger partial charge in [-0.25, -0.2) is 0 Å². The number of carbonyl (C=O) groups is 2. The minimum absolute atomic E-state index is 0.0173. The molecule has 1 heterocycles. The highest BCUT2D eigenvalue weighted by molar-refractivity contribution is 5.97. The summed E-state index contributed by atoms with van der Waals surface area (Å²) in [5, 5.41) is 2.92. The predicted octanol–water partition coefficient (Wildman–Crippen LogP) is 3.25. The zero-order valence-electron chi connectivity index (χ0n) is 16.5. The van der Waals surface area contributed by atoms with Crippen LogP contribution in [-0.4, -0.2) is 37.5 Å². The second-order valence-electron chi connectivity index (χ2n) is 6.90. The van der Waals surface area contributed by atoms with Gasteiger partial charge in [0, 0.05) is 25.2 Å². The minimum Gasteiger partial charge on any atom is -0.493 e. The molecule has 1 aliphatic heterocycles. The maximum absolute atomic E-state index is 12.6. The normalized spacial score (nSPS) is 16.2. The van der Waals surface area contributed by atoms with Crippen LogP contribution in [0.2, 0.25) is 0 Å². The maximum atomic E-state index is 12.6. The van der Waals surface area contributed by atoms with E-state index in [9.17, 15) is 9.59 Å². The Labute approximate surface area is 165 Å². The van der Waals surface area contributed by atoms with E-state index in [1.165, 1.54) is 5.56 Å². The van der Waals surface area contributed by atoms with Crippen molar-refractivity contribution in [1.82, 2.24) is 4.90 Å². The van der Waals surface area contributed by atoms with Gasteiger partial charge in [-0.3, -0.25) is 9.59 Å². The van der Waals surface area contributed by atoms with Gasteiger partial charge in [0.1, 0.15) is 0 Å². The molecule has 2 aromatic rings. The number of hydrogen-bond acceptors (Lipinski definition) is 4. The van der Waals surface area contributed by atoms with Crippen LogP contribution in [0.15, 0.2) is 42.5 Å². The molecule has 6 nitrogen and oxygen atoms in total. The van der Waals surface area contributed by atoms with Gasteiger partial charge in [-0.05, 0) is 41.8 Å². The topological polar surface area (TPSA) is 67.9 Å². The van der Waals surface area contributed by atoms with E-state index in [1.54, 1.807) is 19.1 Å². The van der Waals surface area contributed by atoms with Gasteiger partial charge < -0.3 is 19.7 Å². The molecule has 0 spiro atoms. The summed E-state index contributed by atoms with van der Waals surface area (Å²) >= 11 is 0. The first-order valence-electron chi connectivity index (χ1n) is 9.42. The van der Waals surface area contributed by atoms with Gasteiger partial charge in [0.05, 0.1) is 20.1 Å². The van der Waals surface area contributed by atoms with E-state index in [4.69, 9.17) is 9.47 Å². The monoisotopic (exact) mass is 382 g/mol. The van der Waals surface area contributed by atoms with Crippen LogP contribution in [0.3, 0.4) is 0 Å². The first kappa shape index (κ1) is 19.7. The van der Waals surface area contributed by atoms with Crippen molar-refractivity contribution in [2.45, 2.75) is 26.3 Å². The fourth-order valence-corrected chi connectivity index (χ4v) is 3.37. The fourth-order valence-electron chi connectivity index (χ4n) is 3.37. The molecule has 0 aliphatic carbocycles. The molecule has 1 N–H and O–H groups in total. The Bertz CT molecular complexity index is 848. The number of nitrogens with zero attached hydrogens (tertiary/aromatic N) is 1. The first-order valence-corrected chi connectivity index (χ1v) is 9.42. The Morgan fingerprint density at radius 2 is 1.75 bits per heavy atom. The lowest BCUT2D eigenvalue weighted by molar-refractivity contribution is -0.128. The van der Waals surface area contributed by atoms with E-state index in [1.807, 2.05) is 42.5 Å². The molecular formula is C22H26N2O4. The van der Waals surface area contributed by atoms with Crippen LogP contribution in [0.4, 0.5) is 5.69 Å². The highest BCUT2D eigenvalue weighted by atomic mass is 16.5. The summed E-state index contributed by atoms with van der Waals surface area (Å²) in [7, 11) is 3.16. The van der Waals surface area contributed by atoms with Gasteiger partial charge in [-0.15, -0.1) is 0 Å². The number of likely N-dealkylation sites (tertiary alicyclic amines) is 1. The molecule has 1 saturated heterocycles. The average Bonchev–Trinajstić information content (AvgIpc) is 3.09. The Hall–Kier alpha value is -3.02. The SMILES string of the molecule is CCc1ccc(NC(=O)C2CC(=O)N(Cc3ccc(OC)c(OC)c3)C2)cc1. The third-order valence-electron chi connectivity index (χ3n) is 5.04. The quantitative estimate of drug-likeness (QED) is 0.798. The van der Waals surface area contributed by atoms with E-state index in [0.717, 1.165) is 17.7 Å². The van der Waals surface area contributed by atoms with Gasteiger partial charge in [0.15, 0.2) is 11.5 Å². The maximum Gasteiger partial charge on any atom is 0.229 e. The molecule has 148 valence electrons. The number of anilines is 1. The molecule has 2 amide bonds. The van der Waals surface area contributed by atoms with E-state index in [2.05, 4.69) is 12.2 Å². The van der Waals surface area contributed by atoms with Gasteiger partial charge in [0.25, 0.3) is 0 Å². The molecule has 0 bridgehead atoms. The van der Waals surface area contributed by atoms with Crippen LogP contribution in [-0.2, 0) is 22.6 Å². The van der Waals surface area contributed by atoms with Crippen molar-refractivity contribution >= 4 is 17.5 Å². The van der Waals surface area contributed by atoms with Crippen LogP contribution in [0.25, 0.3) is 0 Å². The lowest BCUT2D eigenvalue weighted by atomic mass is 10.1. The van der Waals surface area contributed by atoms with Gasteiger partial charge >= 0.3 is 0 Å². The zero-order valence-corrected chi connectivity index (χ0v) is 16.5. The van der Waals surface area contributed by atoms with Crippen molar-refractivity contribution in [3.8, 4) is 11.5 Å². The second kappa shape index (κ2) is 8.78.